The van der Waals surface area contributed by atoms with Crippen LogP contribution in [-0.2, 0) is 11.3 Å². The Morgan fingerprint density at radius 2 is 1.60 bits per heavy atom. The van der Waals surface area contributed by atoms with Crippen LogP contribution in [0.25, 0.3) is 0 Å². The highest BCUT2D eigenvalue weighted by atomic mass is 16.5. The van der Waals surface area contributed by atoms with Crippen molar-refractivity contribution < 1.29 is 19.1 Å². The summed E-state index contributed by atoms with van der Waals surface area (Å²) in [5, 5.41) is 4.43. The number of aromatic nitrogens is 2. The van der Waals surface area contributed by atoms with Gasteiger partial charge in [0.2, 0.25) is 0 Å². The maximum absolute atomic E-state index is 12.3. The van der Waals surface area contributed by atoms with Gasteiger partial charge in [0, 0.05) is 5.69 Å². The summed E-state index contributed by atoms with van der Waals surface area (Å²) in [6, 6.07) is 15.8. The van der Waals surface area contributed by atoms with Crippen LogP contribution in [0.4, 0.5) is 0 Å². The normalized spacial score (nSPS) is 12.9. The summed E-state index contributed by atoms with van der Waals surface area (Å²) in [6.07, 6.45) is 0. The first-order valence-electron chi connectivity index (χ1n) is 9.66. The zero-order chi connectivity index (χ0) is 21.3. The van der Waals surface area contributed by atoms with Crippen molar-refractivity contribution in [3.05, 3.63) is 88.2 Å². The van der Waals surface area contributed by atoms with Gasteiger partial charge in [-0.3, -0.25) is 19.2 Å². The SMILES string of the molecule is Cc1cc(C)n(Cc2ccc(C(=O)OCCN3C(=O)c4ccccc4C3=O)cc2)n1. The number of esters is 1. The molecule has 3 aromatic rings. The van der Waals surface area contributed by atoms with E-state index in [0.717, 1.165) is 21.9 Å². The number of aryl methyl sites for hydroxylation is 2. The maximum Gasteiger partial charge on any atom is 0.338 e. The zero-order valence-electron chi connectivity index (χ0n) is 16.8. The molecule has 2 heterocycles. The third kappa shape index (κ3) is 3.74. The third-order valence-electron chi connectivity index (χ3n) is 5.05. The van der Waals surface area contributed by atoms with Gasteiger partial charge in [0.25, 0.3) is 11.8 Å². The summed E-state index contributed by atoms with van der Waals surface area (Å²) in [5.74, 6) is -1.22. The molecule has 0 atom stereocenters. The fourth-order valence-corrected chi connectivity index (χ4v) is 3.51. The Hall–Kier alpha value is -3.74. The lowest BCUT2D eigenvalue weighted by Gasteiger charge is -2.14. The second-order valence-electron chi connectivity index (χ2n) is 7.23. The van der Waals surface area contributed by atoms with Gasteiger partial charge in [-0.1, -0.05) is 24.3 Å². The first kappa shape index (κ1) is 19.6. The second-order valence-corrected chi connectivity index (χ2v) is 7.23. The average Bonchev–Trinajstić information content (AvgIpc) is 3.18. The van der Waals surface area contributed by atoms with Crippen LogP contribution in [0.1, 0.15) is 48.0 Å². The quantitative estimate of drug-likeness (QED) is 0.467. The molecule has 0 saturated heterocycles. The minimum atomic E-state index is -0.496. The van der Waals surface area contributed by atoms with E-state index in [1.807, 2.05) is 36.7 Å². The largest absolute Gasteiger partial charge is 0.460 e. The van der Waals surface area contributed by atoms with Crippen LogP contribution in [0, 0.1) is 13.8 Å². The van der Waals surface area contributed by atoms with Gasteiger partial charge in [-0.15, -0.1) is 0 Å². The maximum atomic E-state index is 12.3. The smallest absolute Gasteiger partial charge is 0.338 e. The van der Waals surface area contributed by atoms with E-state index < -0.39 is 5.97 Å². The molecule has 2 aromatic carbocycles. The molecule has 0 spiro atoms. The standard InChI is InChI=1S/C23H21N3O4/c1-15-13-16(2)26(24-15)14-17-7-9-18(10-8-17)23(29)30-12-11-25-21(27)19-5-3-4-6-20(19)22(25)28/h3-10,13H,11-12,14H2,1-2H3. The Balaban J connectivity index is 1.32. The number of fused-ring (bicyclic) bond motifs is 1. The summed E-state index contributed by atoms with van der Waals surface area (Å²) in [5.41, 5.74) is 4.23. The van der Waals surface area contributed by atoms with Gasteiger partial charge < -0.3 is 4.74 Å². The Bertz CT molecular complexity index is 1100. The van der Waals surface area contributed by atoms with Crippen molar-refractivity contribution in [1.82, 2.24) is 14.7 Å². The van der Waals surface area contributed by atoms with Crippen molar-refractivity contribution in [3.63, 3.8) is 0 Å². The fraction of sp³-hybridized carbons (Fsp3) is 0.217. The lowest BCUT2D eigenvalue weighted by Crippen LogP contribution is -2.33. The van der Waals surface area contributed by atoms with Crippen molar-refractivity contribution in [2.24, 2.45) is 0 Å². The van der Waals surface area contributed by atoms with E-state index in [2.05, 4.69) is 5.10 Å². The highest BCUT2D eigenvalue weighted by molar-refractivity contribution is 6.21. The van der Waals surface area contributed by atoms with Crippen molar-refractivity contribution in [3.8, 4) is 0 Å². The van der Waals surface area contributed by atoms with Crippen LogP contribution in [0.2, 0.25) is 0 Å². The minimum absolute atomic E-state index is 0.0219. The number of hydrogen-bond donors (Lipinski definition) is 0. The van der Waals surface area contributed by atoms with Crippen molar-refractivity contribution in [2.45, 2.75) is 20.4 Å². The zero-order valence-corrected chi connectivity index (χ0v) is 16.8. The molecule has 2 amide bonds. The first-order chi connectivity index (χ1) is 14.4. The number of ether oxygens (including phenoxy) is 1. The molecule has 0 bridgehead atoms. The Kier molecular flexibility index (Phi) is 5.18. The van der Waals surface area contributed by atoms with E-state index in [9.17, 15) is 14.4 Å². The number of carbonyl (C=O) groups excluding carboxylic acids is 3. The highest BCUT2D eigenvalue weighted by Crippen LogP contribution is 2.22. The fourth-order valence-electron chi connectivity index (χ4n) is 3.51. The highest BCUT2D eigenvalue weighted by Gasteiger charge is 2.34. The molecule has 0 fully saturated rings. The van der Waals surface area contributed by atoms with E-state index in [0.29, 0.717) is 23.2 Å². The van der Waals surface area contributed by atoms with Crippen LogP contribution < -0.4 is 0 Å². The topological polar surface area (TPSA) is 81.5 Å². The molecule has 152 valence electrons. The molecule has 0 N–H and O–H groups in total. The molecule has 30 heavy (non-hydrogen) atoms. The van der Waals surface area contributed by atoms with Crippen LogP contribution in [-0.4, -0.2) is 45.6 Å². The van der Waals surface area contributed by atoms with Crippen molar-refractivity contribution in [1.29, 1.82) is 0 Å². The molecular weight excluding hydrogens is 382 g/mol. The van der Waals surface area contributed by atoms with Gasteiger partial charge in [-0.2, -0.15) is 5.10 Å². The summed E-state index contributed by atoms with van der Waals surface area (Å²) in [4.78, 5) is 38.1. The molecule has 1 aliphatic rings. The van der Waals surface area contributed by atoms with Gasteiger partial charge in [-0.05, 0) is 49.7 Å². The predicted octanol–water partition coefficient (Wildman–Crippen LogP) is 3.00. The Morgan fingerprint density at radius 3 is 2.17 bits per heavy atom. The van der Waals surface area contributed by atoms with Gasteiger partial charge >= 0.3 is 5.97 Å². The van der Waals surface area contributed by atoms with E-state index in [1.54, 1.807) is 36.4 Å². The molecule has 0 radical (unpaired) electrons. The second kappa shape index (κ2) is 7.94. The number of nitrogens with zero attached hydrogens (tertiary/aromatic N) is 3. The van der Waals surface area contributed by atoms with Crippen LogP contribution in [0.3, 0.4) is 0 Å². The van der Waals surface area contributed by atoms with Gasteiger partial charge in [-0.25, -0.2) is 4.79 Å². The van der Waals surface area contributed by atoms with Gasteiger partial charge in [0.15, 0.2) is 0 Å². The molecule has 1 aromatic heterocycles. The first-order valence-corrected chi connectivity index (χ1v) is 9.66. The molecule has 0 unspecified atom stereocenters. The molecule has 0 aliphatic carbocycles. The number of benzene rings is 2. The van der Waals surface area contributed by atoms with Crippen LogP contribution >= 0.6 is 0 Å². The molecule has 7 heteroatoms. The van der Waals surface area contributed by atoms with Crippen molar-refractivity contribution in [2.75, 3.05) is 13.2 Å². The lowest BCUT2D eigenvalue weighted by molar-refractivity contribution is 0.0420. The molecule has 0 saturated carbocycles. The van der Waals surface area contributed by atoms with Gasteiger partial charge in [0.1, 0.15) is 6.61 Å². The number of carbonyl (C=O) groups is 3. The number of imide groups is 1. The van der Waals surface area contributed by atoms with E-state index in [-0.39, 0.29) is 25.0 Å². The summed E-state index contributed by atoms with van der Waals surface area (Å²) < 4.78 is 7.17. The lowest BCUT2D eigenvalue weighted by atomic mass is 10.1. The predicted molar refractivity (Wildman–Crippen MR) is 109 cm³/mol. The third-order valence-corrected chi connectivity index (χ3v) is 5.05. The van der Waals surface area contributed by atoms with Crippen LogP contribution in [0.5, 0.6) is 0 Å². The number of amides is 2. The monoisotopic (exact) mass is 403 g/mol. The van der Waals surface area contributed by atoms with Crippen LogP contribution in [0.15, 0.2) is 54.6 Å². The molecular formula is C23H21N3O4. The summed E-state index contributed by atoms with van der Waals surface area (Å²) in [7, 11) is 0. The van der Waals surface area contributed by atoms with E-state index in [1.165, 1.54) is 0 Å². The molecule has 1 aliphatic heterocycles. The number of rotatable bonds is 6. The summed E-state index contributed by atoms with van der Waals surface area (Å²) in [6.45, 7) is 4.53. The number of hydrogen-bond acceptors (Lipinski definition) is 5. The molecule has 4 rings (SSSR count). The average molecular weight is 403 g/mol. The van der Waals surface area contributed by atoms with Gasteiger partial charge in [0.05, 0.1) is 35.5 Å². The molecule has 7 nitrogen and oxygen atoms in total. The van der Waals surface area contributed by atoms with E-state index in [4.69, 9.17) is 4.74 Å². The van der Waals surface area contributed by atoms with Crippen molar-refractivity contribution >= 4 is 17.8 Å². The Labute approximate surface area is 173 Å². The minimum Gasteiger partial charge on any atom is -0.460 e. The van der Waals surface area contributed by atoms with E-state index >= 15 is 0 Å². The summed E-state index contributed by atoms with van der Waals surface area (Å²) >= 11 is 0. The Morgan fingerprint density at radius 1 is 0.967 bits per heavy atom.